The molecule has 4 nitrogen and oxygen atoms in total. The Morgan fingerprint density at radius 2 is 1.95 bits per heavy atom. The molecular weight excluding hydrogens is 289 g/mol. The molecule has 6 heteroatoms. The van der Waals surface area contributed by atoms with Gasteiger partial charge in [0.25, 0.3) is 0 Å². The zero-order valence-electron chi connectivity index (χ0n) is 9.59. The standard InChI is InChI=1S/C13H9Cl2NO3/c14-9-6-10(15)12(16-7-9)19-11(13(17)18)8-4-2-1-3-5-8/h1-7,11H,(H,17,18). The van der Waals surface area contributed by atoms with E-state index in [-0.39, 0.29) is 10.9 Å². The third-order valence-electron chi connectivity index (χ3n) is 2.33. The quantitative estimate of drug-likeness (QED) is 0.937. The second kappa shape index (κ2) is 5.91. The van der Waals surface area contributed by atoms with Gasteiger partial charge in [0, 0.05) is 11.8 Å². The molecule has 0 radical (unpaired) electrons. The topological polar surface area (TPSA) is 59.4 Å². The molecule has 98 valence electrons. The minimum absolute atomic E-state index is 0.0299. The van der Waals surface area contributed by atoms with Gasteiger partial charge in [0.15, 0.2) is 0 Å². The number of carboxylic acid groups (broad SMARTS) is 1. The van der Waals surface area contributed by atoms with Gasteiger partial charge >= 0.3 is 5.97 Å². The highest BCUT2D eigenvalue weighted by Crippen LogP contribution is 2.29. The molecular formula is C13H9Cl2NO3. The minimum atomic E-state index is -1.17. The zero-order valence-corrected chi connectivity index (χ0v) is 11.1. The molecule has 0 aliphatic heterocycles. The number of benzene rings is 1. The zero-order chi connectivity index (χ0) is 13.8. The number of rotatable bonds is 4. The number of hydrogen-bond acceptors (Lipinski definition) is 3. The first kappa shape index (κ1) is 13.6. The number of hydrogen-bond donors (Lipinski definition) is 1. The summed E-state index contributed by atoms with van der Waals surface area (Å²) in [5, 5.41) is 9.72. The van der Waals surface area contributed by atoms with Gasteiger partial charge in [-0.1, -0.05) is 53.5 Å². The van der Waals surface area contributed by atoms with E-state index >= 15 is 0 Å². The van der Waals surface area contributed by atoms with E-state index in [1.807, 2.05) is 0 Å². The van der Waals surface area contributed by atoms with Crippen molar-refractivity contribution in [1.29, 1.82) is 0 Å². The van der Waals surface area contributed by atoms with Crippen LogP contribution in [0.1, 0.15) is 11.7 Å². The van der Waals surface area contributed by atoms with E-state index in [1.165, 1.54) is 12.3 Å². The Hall–Kier alpha value is -1.78. The summed E-state index contributed by atoms with van der Waals surface area (Å²) in [7, 11) is 0. The number of pyridine rings is 1. The van der Waals surface area contributed by atoms with Gasteiger partial charge < -0.3 is 9.84 Å². The Morgan fingerprint density at radius 1 is 1.26 bits per heavy atom. The SMILES string of the molecule is O=C(O)C(Oc1ncc(Cl)cc1Cl)c1ccccc1. The minimum Gasteiger partial charge on any atom is -0.478 e. The maximum absolute atomic E-state index is 11.3. The van der Waals surface area contributed by atoms with Gasteiger partial charge in [-0.25, -0.2) is 9.78 Å². The number of ether oxygens (including phenoxy) is 1. The molecule has 1 heterocycles. The lowest BCUT2D eigenvalue weighted by Gasteiger charge is -2.15. The van der Waals surface area contributed by atoms with Crippen LogP contribution < -0.4 is 4.74 Å². The highest BCUT2D eigenvalue weighted by Gasteiger charge is 2.23. The average molecular weight is 298 g/mol. The van der Waals surface area contributed by atoms with Crippen LogP contribution in [-0.2, 0) is 4.79 Å². The molecule has 0 aliphatic rings. The van der Waals surface area contributed by atoms with Crippen molar-refractivity contribution in [3.63, 3.8) is 0 Å². The van der Waals surface area contributed by atoms with Crippen molar-refractivity contribution < 1.29 is 14.6 Å². The van der Waals surface area contributed by atoms with Crippen LogP contribution in [0.4, 0.5) is 0 Å². The smallest absolute Gasteiger partial charge is 0.349 e. The van der Waals surface area contributed by atoms with E-state index in [1.54, 1.807) is 30.3 Å². The maximum Gasteiger partial charge on any atom is 0.349 e. The van der Waals surface area contributed by atoms with Gasteiger partial charge in [0.05, 0.1) is 5.02 Å². The summed E-state index contributed by atoms with van der Waals surface area (Å²) in [5.74, 6) is -1.10. The predicted octanol–water partition coefficient (Wildman–Crippen LogP) is 3.59. The third kappa shape index (κ3) is 3.36. The van der Waals surface area contributed by atoms with Crippen molar-refractivity contribution in [2.75, 3.05) is 0 Å². The molecule has 1 atom stereocenters. The van der Waals surface area contributed by atoms with Crippen LogP contribution in [-0.4, -0.2) is 16.1 Å². The summed E-state index contributed by atoms with van der Waals surface area (Å²) >= 11 is 11.6. The first-order chi connectivity index (χ1) is 9.08. The lowest BCUT2D eigenvalue weighted by molar-refractivity contribution is -0.145. The summed E-state index contributed by atoms with van der Waals surface area (Å²) in [6, 6.07) is 9.99. The molecule has 0 saturated carbocycles. The number of aliphatic carboxylic acids is 1. The highest BCUT2D eigenvalue weighted by molar-refractivity contribution is 6.35. The van der Waals surface area contributed by atoms with E-state index in [9.17, 15) is 9.90 Å². The lowest BCUT2D eigenvalue weighted by atomic mass is 10.1. The molecule has 1 N–H and O–H groups in total. The molecule has 0 spiro atoms. The fourth-order valence-electron chi connectivity index (χ4n) is 1.49. The van der Waals surface area contributed by atoms with Gasteiger partial charge in [-0.15, -0.1) is 0 Å². The molecule has 1 aromatic carbocycles. The van der Waals surface area contributed by atoms with E-state index < -0.39 is 12.1 Å². The van der Waals surface area contributed by atoms with Crippen LogP contribution in [0.25, 0.3) is 0 Å². The molecule has 19 heavy (non-hydrogen) atoms. The lowest BCUT2D eigenvalue weighted by Crippen LogP contribution is -2.18. The van der Waals surface area contributed by atoms with Crippen molar-refractivity contribution in [2.45, 2.75) is 6.10 Å². The normalized spacial score (nSPS) is 11.9. The number of nitrogens with zero attached hydrogens (tertiary/aromatic N) is 1. The molecule has 1 aromatic heterocycles. The van der Waals surface area contributed by atoms with Crippen molar-refractivity contribution >= 4 is 29.2 Å². The van der Waals surface area contributed by atoms with Crippen LogP contribution in [0.5, 0.6) is 5.88 Å². The van der Waals surface area contributed by atoms with Crippen LogP contribution >= 0.6 is 23.2 Å². The van der Waals surface area contributed by atoms with Gasteiger partial charge in [-0.2, -0.15) is 0 Å². The fraction of sp³-hybridized carbons (Fsp3) is 0.0769. The summed E-state index contributed by atoms with van der Waals surface area (Å²) < 4.78 is 5.35. The number of halogens is 2. The van der Waals surface area contributed by atoms with Gasteiger partial charge in [-0.3, -0.25) is 0 Å². The Labute approximate surface area is 119 Å². The van der Waals surface area contributed by atoms with Crippen molar-refractivity contribution in [2.24, 2.45) is 0 Å². The molecule has 1 unspecified atom stereocenters. The fourth-order valence-corrected chi connectivity index (χ4v) is 1.91. The molecule has 2 rings (SSSR count). The van der Waals surface area contributed by atoms with Gasteiger partial charge in [-0.05, 0) is 6.07 Å². The first-order valence-corrected chi connectivity index (χ1v) is 6.09. The Bertz CT molecular complexity index is 590. The molecule has 0 aliphatic carbocycles. The van der Waals surface area contributed by atoms with Crippen LogP contribution in [0.3, 0.4) is 0 Å². The second-order valence-electron chi connectivity index (χ2n) is 3.69. The van der Waals surface area contributed by atoms with E-state index in [0.29, 0.717) is 10.6 Å². The number of carbonyl (C=O) groups is 1. The Kier molecular flexibility index (Phi) is 4.24. The number of aromatic nitrogens is 1. The van der Waals surface area contributed by atoms with Gasteiger partial charge in [0.1, 0.15) is 5.02 Å². The van der Waals surface area contributed by atoms with Crippen LogP contribution in [0, 0.1) is 0 Å². The molecule has 2 aromatic rings. The van der Waals surface area contributed by atoms with E-state index in [2.05, 4.69) is 4.98 Å². The Balaban J connectivity index is 2.29. The van der Waals surface area contributed by atoms with Crippen LogP contribution in [0.15, 0.2) is 42.6 Å². The first-order valence-electron chi connectivity index (χ1n) is 5.33. The highest BCUT2D eigenvalue weighted by atomic mass is 35.5. The molecule has 0 amide bonds. The van der Waals surface area contributed by atoms with Crippen molar-refractivity contribution in [3.8, 4) is 5.88 Å². The summed E-state index contributed by atoms with van der Waals surface area (Å²) in [6.07, 6.45) is 0.166. The molecule has 0 saturated heterocycles. The van der Waals surface area contributed by atoms with Gasteiger partial charge in [0.2, 0.25) is 12.0 Å². The molecule has 0 bridgehead atoms. The second-order valence-corrected chi connectivity index (χ2v) is 4.53. The maximum atomic E-state index is 11.3. The molecule has 0 fully saturated rings. The average Bonchev–Trinajstić information content (AvgIpc) is 2.38. The van der Waals surface area contributed by atoms with Crippen LogP contribution in [0.2, 0.25) is 10.0 Å². The largest absolute Gasteiger partial charge is 0.478 e. The van der Waals surface area contributed by atoms with E-state index in [4.69, 9.17) is 27.9 Å². The van der Waals surface area contributed by atoms with E-state index in [0.717, 1.165) is 0 Å². The summed E-state index contributed by atoms with van der Waals surface area (Å²) in [4.78, 5) is 15.1. The third-order valence-corrected chi connectivity index (χ3v) is 2.81. The number of carboxylic acids is 1. The monoisotopic (exact) mass is 297 g/mol. The predicted molar refractivity (Wildman–Crippen MR) is 71.7 cm³/mol. The van der Waals surface area contributed by atoms with Crippen molar-refractivity contribution in [3.05, 3.63) is 58.2 Å². The van der Waals surface area contributed by atoms with Crippen molar-refractivity contribution in [1.82, 2.24) is 4.98 Å². The Morgan fingerprint density at radius 3 is 2.53 bits per heavy atom. The summed E-state index contributed by atoms with van der Waals surface area (Å²) in [5.41, 5.74) is 0.503. The summed E-state index contributed by atoms with van der Waals surface area (Å²) in [6.45, 7) is 0.